The highest BCUT2D eigenvalue weighted by Gasteiger charge is 2.07. The highest BCUT2D eigenvalue weighted by Crippen LogP contribution is 2.27. The summed E-state index contributed by atoms with van der Waals surface area (Å²) in [7, 11) is 0. The lowest BCUT2D eigenvalue weighted by Gasteiger charge is -2.12. The van der Waals surface area contributed by atoms with E-state index in [1.54, 1.807) is 0 Å². The second kappa shape index (κ2) is 4.01. The van der Waals surface area contributed by atoms with E-state index in [-0.39, 0.29) is 0 Å². The molecule has 1 heteroatoms. The van der Waals surface area contributed by atoms with Gasteiger partial charge in [-0.15, -0.1) is 12.6 Å². The molecule has 0 fully saturated rings. The molecule has 0 spiro atoms. The van der Waals surface area contributed by atoms with E-state index in [1.807, 2.05) is 0 Å². The van der Waals surface area contributed by atoms with Crippen LogP contribution in [0, 0.1) is 6.92 Å². The lowest BCUT2D eigenvalue weighted by atomic mass is 9.95. The largest absolute Gasteiger partial charge is 0.143 e. The Kier molecular flexibility index (Phi) is 3.21. The van der Waals surface area contributed by atoms with Crippen LogP contribution in [0.3, 0.4) is 0 Å². The Balaban J connectivity index is 3.26. The lowest BCUT2D eigenvalue weighted by molar-refractivity contribution is 0.862. The van der Waals surface area contributed by atoms with Crippen LogP contribution < -0.4 is 0 Å². The van der Waals surface area contributed by atoms with Crippen LogP contribution in [0.15, 0.2) is 24.8 Å². The van der Waals surface area contributed by atoms with E-state index in [0.717, 1.165) is 4.91 Å². The highest BCUT2D eigenvalue weighted by atomic mass is 32.1. The van der Waals surface area contributed by atoms with Crippen molar-refractivity contribution in [3.63, 3.8) is 0 Å². The first kappa shape index (κ1) is 10.4. The van der Waals surface area contributed by atoms with Crippen LogP contribution in [-0.2, 0) is 0 Å². The zero-order chi connectivity index (χ0) is 10.0. The van der Waals surface area contributed by atoms with Crippen molar-refractivity contribution < 1.29 is 0 Å². The third-order valence-electron chi connectivity index (χ3n) is 2.14. The Morgan fingerprint density at radius 3 is 2.46 bits per heavy atom. The molecule has 0 radical (unpaired) electrons. The summed E-state index contributed by atoms with van der Waals surface area (Å²) >= 11 is 4.29. The van der Waals surface area contributed by atoms with Crippen LogP contribution in [0.1, 0.15) is 36.5 Å². The van der Waals surface area contributed by atoms with E-state index in [4.69, 9.17) is 0 Å². The fourth-order valence-electron chi connectivity index (χ4n) is 1.42. The average molecular weight is 192 g/mol. The van der Waals surface area contributed by atoms with Crippen molar-refractivity contribution in [3.05, 3.63) is 41.5 Å². The Bertz CT molecular complexity index is 324. The molecule has 1 aromatic rings. The monoisotopic (exact) mass is 192 g/mol. The Hall–Kier alpha value is -0.690. The number of hydrogen-bond donors (Lipinski definition) is 1. The number of rotatable bonds is 2. The molecule has 0 aliphatic carbocycles. The van der Waals surface area contributed by atoms with Crippen LogP contribution in [-0.4, -0.2) is 0 Å². The fraction of sp³-hybridized carbons (Fsp3) is 0.333. The normalized spacial score (nSPS) is 10.5. The first-order chi connectivity index (χ1) is 6.02. The maximum atomic E-state index is 4.29. The standard InChI is InChI=1S/C12H16S/c1-8(2)12-7-9(3)5-6-11(12)10(4)13/h5-8,13H,4H2,1-3H3. The summed E-state index contributed by atoms with van der Waals surface area (Å²) in [5.74, 6) is 0.527. The molecule has 0 aliphatic heterocycles. The molecule has 0 aliphatic rings. The van der Waals surface area contributed by atoms with Gasteiger partial charge in [0.2, 0.25) is 0 Å². The van der Waals surface area contributed by atoms with Gasteiger partial charge in [-0.05, 0) is 24.0 Å². The fourth-order valence-corrected chi connectivity index (χ4v) is 1.63. The predicted octanol–water partition coefficient (Wildman–Crippen LogP) is 4.02. The van der Waals surface area contributed by atoms with Crippen LogP contribution in [0.4, 0.5) is 0 Å². The van der Waals surface area contributed by atoms with Gasteiger partial charge in [0.15, 0.2) is 0 Å². The van der Waals surface area contributed by atoms with Crippen LogP contribution in [0.2, 0.25) is 0 Å². The number of benzene rings is 1. The third kappa shape index (κ3) is 2.38. The van der Waals surface area contributed by atoms with Crippen molar-refractivity contribution in [2.45, 2.75) is 26.7 Å². The van der Waals surface area contributed by atoms with Gasteiger partial charge in [0.1, 0.15) is 0 Å². The van der Waals surface area contributed by atoms with Gasteiger partial charge in [-0.25, -0.2) is 0 Å². The molecule has 70 valence electrons. The molecule has 0 aromatic heterocycles. The van der Waals surface area contributed by atoms with Gasteiger partial charge in [0.25, 0.3) is 0 Å². The van der Waals surface area contributed by atoms with Gasteiger partial charge in [0.05, 0.1) is 0 Å². The minimum absolute atomic E-state index is 0.527. The predicted molar refractivity (Wildman–Crippen MR) is 63.3 cm³/mol. The van der Waals surface area contributed by atoms with Crippen molar-refractivity contribution in [1.29, 1.82) is 0 Å². The summed E-state index contributed by atoms with van der Waals surface area (Å²) in [5.41, 5.74) is 3.80. The third-order valence-corrected chi connectivity index (χ3v) is 2.38. The molecular weight excluding hydrogens is 176 g/mol. The average Bonchev–Trinajstić information content (AvgIpc) is 2.03. The number of thiol groups is 1. The quantitative estimate of drug-likeness (QED) is 0.672. The molecular formula is C12H16S. The van der Waals surface area contributed by atoms with E-state index in [2.05, 4.69) is 58.2 Å². The van der Waals surface area contributed by atoms with E-state index >= 15 is 0 Å². The molecule has 0 amide bonds. The van der Waals surface area contributed by atoms with Crippen molar-refractivity contribution in [1.82, 2.24) is 0 Å². The van der Waals surface area contributed by atoms with E-state index in [9.17, 15) is 0 Å². The first-order valence-corrected chi connectivity index (χ1v) is 4.96. The summed E-state index contributed by atoms with van der Waals surface area (Å²) in [6.07, 6.45) is 0. The molecule has 1 rings (SSSR count). The van der Waals surface area contributed by atoms with Crippen molar-refractivity contribution in [2.24, 2.45) is 0 Å². The summed E-state index contributed by atoms with van der Waals surface area (Å²) in [4.78, 5) is 0.851. The van der Waals surface area contributed by atoms with Gasteiger partial charge >= 0.3 is 0 Å². The second-order valence-electron chi connectivity index (χ2n) is 3.69. The molecule has 0 atom stereocenters. The molecule has 0 heterocycles. The summed E-state index contributed by atoms with van der Waals surface area (Å²) < 4.78 is 0. The molecule has 0 saturated heterocycles. The first-order valence-electron chi connectivity index (χ1n) is 4.51. The second-order valence-corrected chi connectivity index (χ2v) is 4.23. The van der Waals surface area contributed by atoms with Crippen LogP contribution in [0.5, 0.6) is 0 Å². The Morgan fingerprint density at radius 2 is 2.00 bits per heavy atom. The number of aryl methyl sites for hydroxylation is 1. The van der Waals surface area contributed by atoms with Gasteiger partial charge in [-0.3, -0.25) is 0 Å². The zero-order valence-corrected chi connectivity index (χ0v) is 9.36. The number of hydrogen-bond acceptors (Lipinski definition) is 1. The van der Waals surface area contributed by atoms with E-state index < -0.39 is 0 Å². The molecule has 1 aromatic carbocycles. The maximum absolute atomic E-state index is 4.29. The van der Waals surface area contributed by atoms with Crippen molar-refractivity contribution >= 4 is 17.5 Å². The van der Waals surface area contributed by atoms with Crippen molar-refractivity contribution in [3.8, 4) is 0 Å². The Labute approximate surface area is 86.1 Å². The zero-order valence-electron chi connectivity index (χ0n) is 8.46. The van der Waals surface area contributed by atoms with Crippen LogP contribution >= 0.6 is 12.6 Å². The SMILES string of the molecule is C=C(S)c1ccc(C)cc1C(C)C. The molecule has 13 heavy (non-hydrogen) atoms. The summed E-state index contributed by atoms with van der Waals surface area (Å²) in [6, 6.07) is 6.41. The highest BCUT2D eigenvalue weighted by molar-refractivity contribution is 7.90. The maximum Gasteiger partial charge on any atom is 0.00434 e. The van der Waals surface area contributed by atoms with E-state index in [1.165, 1.54) is 16.7 Å². The molecule has 0 unspecified atom stereocenters. The van der Waals surface area contributed by atoms with Gasteiger partial charge in [0, 0.05) is 4.91 Å². The summed E-state index contributed by atoms with van der Waals surface area (Å²) in [5, 5.41) is 0. The molecule has 0 saturated carbocycles. The van der Waals surface area contributed by atoms with E-state index in [0.29, 0.717) is 5.92 Å². The van der Waals surface area contributed by atoms with Gasteiger partial charge in [-0.1, -0.05) is 44.2 Å². The minimum Gasteiger partial charge on any atom is -0.143 e. The van der Waals surface area contributed by atoms with Gasteiger partial charge < -0.3 is 0 Å². The molecule has 0 N–H and O–H groups in total. The smallest absolute Gasteiger partial charge is 0.00434 e. The van der Waals surface area contributed by atoms with Gasteiger partial charge in [-0.2, -0.15) is 0 Å². The summed E-state index contributed by atoms with van der Waals surface area (Å²) in [6.45, 7) is 10.3. The van der Waals surface area contributed by atoms with Crippen LogP contribution in [0.25, 0.3) is 4.91 Å². The Morgan fingerprint density at radius 1 is 1.38 bits per heavy atom. The topological polar surface area (TPSA) is 0 Å². The molecule has 0 bridgehead atoms. The minimum atomic E-state index is 0.527. The molecule has 0 nitrogen and oxygen atoms in total. The lowest BCUT2D eigenvalue weighted by Crippen LogP contribution is -1.94. The van der Waals surface area contributed by atoms with Crippen molar-refractivity contribution in [2.75, 3.05) is 0 Å².